The monoisotopic (exact) mass is 297 g/mol. The number of nitrogens with zero attached hydrogens (tertiary/aromatic N) is 2. The second kappa shape index (κ2) is 6.02. The van der Waals surface area contributed by atoms with Crippen LogP contribution in [0.2, 0.25) is 0 Å². The molecule has 2 heterocycles. The van der Waals surface area contributed by atoms with Crippen molar-refractivity contribution >= 4 is 28.2 Å². The van der Waals surface area contributed by atoms with E-state index in [0.29, 0.717) is 12.1 Å². The second-order valence-corrected chi connectivity index (χ2v) is 7.59. The van der Waals surface area contributed by atoms with E-state index >= 15 is 0 Å². The molecule has 1 saturated heterocycles. The van der Waals surface area contributed by atoms with Gasteiger partial charge in [0.05, 0.1) is 5.69 Å². The average molecular weight is 297 g/mol. The average Bonchev–Trinajstić information content (AvgIpc) is 2.84. The van der Waals surface area contributed by atoms with Gasteiger partial charge in [0.1, 0.15) is 0 Å². The molecule has 5 heteroatoms. The van der Waals surface area contributed by atoms with Crippen LogP contribution in [0, 0.1) is 0 Å². The van der Waals surface area contributed by atoms with Gasteiger partial charge < -0.3 is 10.2 Å². The first-order valence-electron chi connectivity index (χ1n) is 7.37. The van der Waals surface area contributed by atoms with Crippen molar-refractivity contribution in [3.05, 3.63) is 10.6 Å². The van der Waals surface area contributed by atoms with Gasteiger partial charge in [-0.05, 0) is 32.7 Å². The molecule has 0 amide bonds. The van der Waals surface area contributed by atoms with Gasteiger partial charge in [0.2, 0.25) is 0 Å². The van der Waals surface area contributed by atoms with Crippen molar-refractivity contribution in [2.45, 2.75) is 45.2 Å². The largest absolute Gasteiger partial charge is 0.344 e. The first-order valence-corrected chi connectivity index (χ1v) is 9.34. The number of hydrogen-bond acceptors (Lipinski definition) is 5. The lowest BCUT2D eigenvalue weighted by molar-refractivity contribution is 0.476. The molecular formula is C14H23N3S2. The van der Waals surface area contributed by atoms with Gasteiger partial charge >= 0.3 is 0 Å². The van der Waals surface area contributed by atoms with Gasteiger partial charge in [0.15, 0.2) is 5.13 Å². The summed E-state index contributed by atoms with van der Waals surface area (Å²) in [5.41, 5.74) is 1.36. The molecule has 0 aromatic carbocycles. The molecule has 1 fully saturated rings. The number of aromatic nitrogens is 1. The van der Waals surface area contributed by atoms with Crippen LogP contribution < -0.4 is 10.2 Å². The Morgan fingerprint density at radius 3 is 3.16 bits per heavy atom. The van der Waals surface area contributed by atoms with Gasteiger partial charge in [0, 0.05) is 35.0 Å². The van der Waals surface area contributed by atoms with Gasteiger partial charge in [-0.1, -0.05) is 18.3 Å². The van der Waals surface area contributed by atoms with Crippen LogP contribution in [0.5, 0.6) is 0 Å². The van der Waals surface area contributed by atoms with Crippen LogP contribution in [0.3, 0.4) is 0 Å². The van der Waals surface area contributed by atoms with Gasteiger partial charge in [0.25, 0.3) is 0 Å². The first kappa shape index (κ1) is 13.7. The molecular weight excluding hydrogens is 274 g/mol. The summed E-state index contributed by atoms with van der Waals surface area (Å²) in [4.78, 5) is 8.98. The topological polar surface area (TPSA) is 28.2 Å². The molecule has 0 spiro atoms. The standard InChI is InChI=1S/C14H23N3S2/c1-3-15-11-5-4-6-12-13(11)19-14(16-12)17-7-8-18-9-10(17)2/h10-11,15H,3-9H2,1-2H3. The highest BCUT2D eigenvalue weighted by molar-refractivity contribution is 7.99. The summed E-state index contributed by atoms with van der Waals surface area (Å²) in [5, 5.41) is 4.88. The number of anilines is 1. The zero-order chi connectivity index (χ0) is 13.2. The summed E-state index contributed by atoms with van der Waals surface area (Å²) in [6.07, 6.45) is 3.72. The third-order valence-corrected chi connectivity index (χ3v) is 6.44. The maximum atomic E-state index is 4.95. The molecule has 1 aromatic heterocycles. The smallest absolute Gasteiger partial charge is 0.186 e. The highest BCUT2D eigenvalue weighted by Gasteiger charge is 2.28. The van der Waals surface area contributed by atoms with Crippen LogP contribution in [0.4, 0.5) is 5.13 Å². The number of nitrogens with one attached hydrogen (secondary N) is 1. The minimum absolute atomic E-state index is 0.550. The summed E-state index contributed by atoms with van der Waals surface area (Å²) in [6.45, 7) is 6.73. The zero-order valence-corrected chi connectivity index (χ0v) is 13.4. The SMILES string of the molecule is CCNC1CCCc2nc(N3CCSCC3C)sc21. The van der Waals surface area contributed by atoms with E-state index in [1.165, 1.54) is 46.5 Å². The molecule has 2 aliphatic rings. The third kappa shape index (κ3) is 2.78. The predicted molar refractivity (Wildman–Crippen MR) is 85.6 cm³/mol. The molecule has 3 rings (SSSR count). The molecule has 1 aliphatic carbocycles. The van der Waals surface area contributed by atoms with Crippen molar-refractivity contribution in [1.29, 1.82) is 0 Å². The lowest BCUT2D eigenvalue weighted by Crippen LogP contribution is -2.40. The maximum absolute atomic E-state index is 4.95. The van der Waals surface area contributed by atoms with E-state index in [0.717, 1.165) is 13.1 Å². The molecule has 2 atom stereocenters. The van der Waals surface area contributed by atoms with E-state index in [2.05, 4.69) is 35.8 Å². The van der Waals surface area contributed by atoms with Crippen LogP contribution in [-0.4, -0.2) is 35.6 Å². The molecule has 106 valence electrons. The lowest BCUT2D eigenvalue weighted by Gasteiger charge is -2.32. The minimum atomic E-state index is 0.550. The molecule has 1 N–H and O–H groups in total. The summed E-state index contributed by atoms with van der Waals surface area (Å²) >= 11 is 4.00. The van der Waals surface area contributed by atoms with Crippen LogP contribution in [0.25, 0.3) is 0 Å². The normalized spacial score (nSPS) is 27.4. The fourth-order valence-electron chi connectivity index (χ4n) is 2.98. The Morgan fingerprint density at radius 2 is 2.37 bits per heavy atom. The molecule has 0 saturated carbocycles. The van der Waals surface area contributed by atoms with Gasteiger partial charge in [-0.15, -0.1) is 0 Å². The van der Waals surface area contributed by atoms with E-state index in [1.807, 2.05) is 11.3 Å². The second-order valence-electron chi connectivity index (χ2n) is 5.43. The Morgan fingerprint density at radius 1 is 1.47 bits per heavy atom. The van der Waals surface area contributed by atoms with Gasteiger partial charge in [-0.2, -0.15) is 11.8 Å². The first-order chi connectivity index (χ1) is 9.29. The van der Waals surface area contributed by atoms with Gasteiger partial charge in [-0.3, -0.25) is 0 Å². The van der Waals surface area contributed by atoms with E-state index in [9.17, 15) is 0 Å². The summed E-state index contributed by atoms with van der Waals surface area (Å²) in [5.74, 6) is 2.48. The van der Waals surface area contributed by atoms with Crippen LogP contribution in [0.1, 0.15) is 43.3 Å². The zero-order valence-electron chi connectivity index (χ0n) is 11.8. The number of thiazole rings is 1. The maximum Gasteiger partial charge on any atom is 0.186 e. The molecule has 1 aromatic rings. The predicted octanol–water partition coefficient (Wildman–Crippen LogP) is 3.07. The highest BCUT2D eigenvalue weighted by atomic mass is 32.2. The van der Waals surface area contributed by atoms with E-state index in [1.54, 1.807) is 0 Å². The van der Waals surface area contributed by atoms with Crippen molar-refractivity contribution in [2.24, 2.45) is 0 Å². The number of rotatable bonds is 3. The Bertz CT molecular complexity index is 432. The quantitative estimate of drug-likeness (QED) is 0.928. The number of aryl methyl sites for hydroxylation is 1. The third-order valence-electron chi connectivity index (χ3n) is 4.00. The fourth-order valence-corrected chi connectivity index (χ4v) is 5.35. The molecule has 0 radical (unpaired) electrons. The summed E-state index contributed by atoms with van der Waals surface area (Å²) in [6, 6.07) is 1.18. The Hall–Kier alpha value is -0.260. The number of fused-ring (bicyclic) bond motifs is 1. The summed E-state index contributed by atoms with van der Waals surface area (Å²) in [7, 11) is 0. The van der Waals surface area contributed by atoms with Crippen molar-refractivity contribution < 1.29 is 0 Å². The minimum Gasteiger partial charge on any atom is -0.344 e. The van der Waals surface area contributed by atoms with Crippen LogP contribution >= 0.6 is 23.1 Å². The molecule has 0 bridgehead atoms. The summed E-state index contributed by atoms with van der Waals surface area (Å²) < 4.78 is 0. The Labute approximate surface area is 124 Å². The molecule has 1 aliphatic heterocycles. The number of thioether (sulfide) groups is 1. The van der Waals surface area contributed by atoms with Crippen molar-refractivity contribution in [3.8, 4) is 0 Å². The lowest BCUT2D eigenvalue weighted by atomic mass is 9.98. The van der Waals surface area contributed by atoms with Crippen molar-refractivity contribution in [2.75, 3.05) is 29.5 Å². The molecule has 3 nitrogen and oxygen atoms in total. The van der Waals surface area contributed by atoms with Crippen LogP contribution in [0.15, 0.2) is 0 Å². The Kier molecular flexibility index (Phi) is 4.34. The molecule has 19 heavy (non-hydrogen) atoms. The van der Waals surface area contributed by atoms with Crippen molar-refractivity contribution in [3.63, 3.8) is 0 Å². The highest BCUT2D eigenvalue weighted by Crippen LogP contribution is 2.38. The van der Waals surface area contributed by atoms with Gasteiger partial charge in [-0.25, -0.2) is 4.98 Å². The van der Waals surface area contributed by atoms with E-state index < -0.39 is 0 Å². The fraction of sp³-hybridized carbons (Fsp3) is 0.786. The van der Waals surface area contributed by atoms with Crippen molar-refractivity contribution in [1.82, 2.24) is 10.3 Å². The molecule has 2 unspecified atom stereocenters. The van der Waals surface area contributed by atoms with Crippen LogP contribution in [-0.2, 0) is 6.42 Å². The van der Waals surface area contributed by atoms with E-state index in [-0.39, 0.29) is 0 Å². The van der Waals surface area contributed by atoms with E-state index in [4.69, 9.17) is 4.98 Å². The Balaban J connectivity index is 1.84. The number of hydrogen-bond donors (Lipinski definition) is 1.